The maximum Gasteiger partial charge on any atom is 0.125 e. The van der Waals surface area contributed by atoms with Crippen LogP contribution in [0.1, 0.15) is 37.3 Å². The average Bonchev–Trinajstić information content (AvgIpc) is 2.97. The molecule has 0 bridgehead atoms. The molecule has 4 heteroatoms. The van der Waals surface area contributed by atoms with Crippen LogP contribution in [-0.2, 0) is 0 Å². The van der Waals surface area contributed by atoms with Crippen molar-refractivity contribution in [1.82, 2.24) is 5.32 Å². The second kappa shape index (κ2) is 6.44. The normalized spacial score (nSPS) is 16.9. The van der Waals surface area contributed by atoms with Crippen LogP contribution in [0, 0.1) is 11.3 Å². The van der Waals surface area contributed by atoms with Gasteiger partial charge in [0.15, 0.2) is 0 Å². The lowest BCUT2D eigenvalue weighted by Gasteiger charge is -2.20. The van der Waals surface area contributed by atoms with Gasteiger partial charge in [0.1, 0.15) is 17.5 Å². The molecule has 0 spiro atoms. The van der Waals surface area contributed by atoms with E-state index in [1.165, 1.54) is 12.8 Å². The Bertz CT molecular complexity index is 462. The highest BCUT2D eigenvalue weighted by molar-refractivity contribution is 5.44. The molecule has 0 aromatic heterocycles. The van der Waals surface area contributed by atoms with Crippen LogP contribution in [0.5, 0.6) is 11.5 Å². The summed E-state index contributed by atoms with van der Waals surface area (Å²) in [7, 11) is 3.24. The van der Waals surface area contributed by atoms with Gasteiger partial charge in [0.05, 0.1) is 20.3 Å². The van der Waals surface area contributed by atoms with Gasteiger partial charge in [-0.05, 0) is 31.0 Å². The van der Waals surface area contributed by atoms with Crippen LogP contribution >= 0.6 is 0 Å². The Kier molecular flexibility index (Phi) is 4.64. The molecule has 4 nitrogen and oxygen atoms in total. The maximum atomic E-state index is 9.41. The molecule has 0 radical (unpaired) electrons. The Morgan fingerprint density at radius 2 is 2.00 bits per heavy atom. The van der Waals surface area contributed by atoms with E-state index in [2.05, 4.69) is 11.4 Å². The molecule has 19 heavy (non-hydrogen) atoms. The first-order valence-electron chi connectivity index (χ1n) is 6.66. The van der Waals surface area contributed by atoms with Crippen molar-refractivity contribution in [3.63, 3.8) is 0 Å². The lowest BCUT2D eigenvalue weighted by Crippen LogP contribution is -2.30. The second-order valence-electron chi connectivity index (χ2n) is 4.82. The zero-order chi connectivity index (χ0) is 13.7. The number of hydrogen-bond acceptors (Lipinski definition) is 4. The SMILES string of the molecule is COc1ccc(OC)c(C(C#N)NC2CCCC2)c1. The molecular formula is C15H20N2O2. The molecule has 1 fully saturated rings. The quantitative estimate of drug-likeness (QED) is 0.884. The number of benzene rings is 1. The molecule has 0 aliphatic heterocycles. The van der Waals surface area contributed by atoms with E-state index in [0.29, 0.717) is 6.04 Å². The van der Waals surface area contributed by atoms with Crippen molar-refractivity contribution in [2.45, 2.75) is 37.8 Å². The third-order valence-electron chi connectivity index (χ3n) is 3.63. The highest BCUT2D eigenvalue weighted by Crippen LogP contribution is 2.30. The summed E-state index contributed by atoms with van der Waals surface area (Å²) in [5.74, 6) is 1.46. The zero-order valence-corrected chi connectivity index (χ0v) is 11.5. The summed E-state index contributed by atoms with van der Waals surface area (Å²) in [5.41, 5.74) is 0.844. The van der Waals surface area contributed by atoms with Crippen LogP contribution in [-0.4, -0.2) is 20.3 Å². The summed E-state index contributed by atoms with van der Waals surface area (Å²) >= 11 is 0. The number of hydrogen-bond donors (Lipinski definition) is 1. The summed E-state index contributed by atoms with van der Waals surface area (Å²) < 4.78 is 10.6. The standard InChI is InChI=1S/C15H20N2O2/c1-18-12-7-8-15(19-2)13(9-12)14(10-16)17-11-5-3-4-6-11/h7-9,11,14,17H,3-6H2,1-2H3. The highest BCUT2D eigenvalue weighted by atomic mass is 16.5. The highest BCUT2D eigenvalue weighted by Gasteiger charge is 2.22. The molecule has 1 aliphatic carbocycles. The Labute approximate surface area is 114 Å². The van der Waals surface area contributed by atoms with E-state index in [0.717, 1.165) is 29.9 Å². The number of ether oxygens (including phenoxy) is 2. The van der Waals surface area contributed by atoms with Gasteiger partial charge in [0, 0.05) is 11.6 Å². The Balaban J connectivity index is 2.22. The second-order valence-corrected chi connectivity index (χ2v) is 4.82. The van der Waals surface area contributed by atoms with Crippen molar-refractivity contribution in [3.05, 3.63) is 23.8 Å². The largest absolute Gasteiger partial charge is 0.497 e. The summed E-state index contributed by atoms with van der Waals surface area (Å²) in [6.07, 6.45) is 4.77. The molecule has 1 saturated carbocycles. The van der Waals surface area contributed by atoms with Gasteiger partial charge >= 0.3 is 0 Å². The molecule has 1 aromatic carbocycles. The van der Waals surface area contributed by atoms with Crippen molar-refractivity contribution in [3.8, 4) is 17.6 Å². The van der Waals surface area contributed by atoms with Gasteiger partial charge < -0.3 is 9.47 Å². The third kappa shape index (κ3) is 3.18. The van der Waals surface area contributed by atoms with Gasteiger partial charge in [-0.25, -0.2) is 0 Å². The number of nitriles is 1. The first kappa shape index (κ1) is 13.7. The van der Waals surface area contributed by atoms with Gasteiger partial charge in [0.2, 0.25) is 0 Å². The molecule has 0 saturated heterocycles. The number of methoxy groups -OCH3 is 2. The van der Waals surface area contributed by atoms with Crippen LogP contribution in [0.15, 0.2) is 18.2 Å². The summed E-state index contributed by atoms with van der Waals surface area (Å²) in [6.45, 7) is 0. The Morgan fingerprint density at radius 3 is 2.58 bits per heavy atom. The minimum Gasteiger partial charge on any atom is -0.497 e. The van der Waals surface area contributed by atoms with E-state index >= 15 is 0 Å². The average molecular weight is 260 g/mol. The van der Waals surface area contributed by atoms with E-state index < -0.39 is 0 Å². The summed E-state index contributed by atoms with van der Waals surface area (Å²) in [5, 5.41) is 12.8. The lowest BCUT2D eigenvalue weighted by atomic mass is 10.0. The van der Waals surface area contributed by atoms with Gasteiger partial charge in [-0.15, -0.1) is 0 Å². The van der Waals surface area contributed by atoms with Crippen LogP contribution in [0.4, 0.5) is 0 Å². The zero-order valence-electron chi connectivity index (χ0n) is 11.5. The lowest BCUT2D eigenvalue weighted by molar-refractivity contribution is 0.390. The predicted octanol–water partition coefficient (Wildman–Crippen LogP) is 2.80. The topological polar surface area (TPSA) is 54.3 Å². The predicted molar refractivity (Wildman–Crippen MR) is 73.3 cm³/mol. The number of nitrogens with zero attached hydrogens (tertiary/aromatic N) is 1. The van der Waals surface area contributed by atoms with Crippen molar-refractivity contribution < 1.29 is 9.47 Å². The fraction of sp³-hybridized carbons (Fsp3) is 0.533. The Hall–Kier alpha value is -1.73. The van der Waals surface area contributed by atoms with Crippen molar-refractivity contribution >= 4 is 0 Å². The van der Waals surface area contributed by atoms with E-state index in [9.17, 15) is 5.26 Å². The van der Waals surface area contributed by atoms with Gasteiger partial charge in [0.25, 0.3) is 0 Å². The first-order chi connectivity index (χ1) is 9.28. The molecule has 0 heterocycles. The summed E-state index contributed by atoms with van der Waals surface area (Å²) in [6, 6.07) is 7.95. The minimum atomic E-state index is -0.354. The Morgan fingerprint density at radius 1 is 1.26 bits per heavy atom. The van der Waals surface area contributed by atoms with Gasteiger partial charge in [-0.2, -0.15) is 5.26 Å². The molecular weight excluding hydrogens is 240 g/mol. The maximum absolute atomic E-state index is 9.41. The third-order valence-corrected chi connectivity index (χ3v) is 3.63. The van der Waals surface area contributed by atoms with Crippen LogP contribution < -0.4 is 14.8 Å². The van der Waals surface area contributed by atoms with Crippen molar-refractivity contribution in [1.29, 1.82) is 5.26 Å². The molecule has 1 N–H and O–H groups in total. The number of nitrogens with one attached hydrogen (secondary N) is 1. The fourth-order valence-electron chi connectivity index (χ4n) is 2.59. The van der Waals surface area contributed by atoms with Crippen LogP contribution in [0.3, 0.4) is 0 Å². The van der Waals surface area contributed by atoms with Crippen LogP contribution in [0.2, 0.25) is 0 Å². The van der Waals surface area contributed by atoms with E-state index in [1.807, 2.05) is 18.2 Å². The molecule has 1 unspecified atom stereocenters. The molecule has 1 aliphatic rings. The monoisotopic (exact) mass is 260 g/mol. The van der Waals surface area contributed by atoms with Crippen LogP contribution in [0.25, 0.3) is 0 Å². The van der Waals surface area contributed by atoms with Gasteiger partial charge in [-0.1, -0.05) is 12.8 Å². The van der Waals surface area contributed by atoms with E-state index in [4.69, 9.17) is 9.47 Å². The smallest absolute Gasteiger partial charge is 0.125 e. The number of rotatable bonds is 5. The summed E-state index contributed by atoms with van der Waals surface area (Å²) in [4.78, 5) is 0. The van der Waals surface area contributed by atoms with Crippen molar-refractivity contribution in [2.24, 2.45) is 0 Å². The van der Waals surface area contributed by atoms with E-state index in [1.54, 1.807) is 14.2 Å². The molecule has 102 valence electrons. The van der Waals surface area contributed by atoms with Gasteiger partial charge in [-0.3, -0.25) is 5.32 Å². The van der Waals surface area contributed by atoms with E-state index in [-0.39, 0.29) is 6.04 Å². The molecule has 2 rings (SSSR count). The first-order valence-corrected chi connectivity index (χ1v) is 6.66. The molecule has 1 atom stereocenters. The molecule has 0 amide bonds. The fourth-order valence-corrected chi connectivity index (χ4v) is 2.59. The minimum absolute atomic E-state index is 0.354. The molecule has 1 aromatic rings. The van der Waals surface area contributed by atoms with Crippen molar-refractivity contribution in [2.75, 3.05) is 14.2 Å².